The van der Waals surface area contributed by atoms with Gasteiger partial charge in [-0.2, -0.15) is 0 Å². The molecular weight excluding hydrogens is 214 g/mol. The average Bonchev–Trinajstić information content (AvgIpc) is 2.29. The molecule has 1 nitrogen and oxygen atoms in total. The summed E-state index contributed by atoms with van der Waals surface area (Å²) in [7, 11) is 0. The van der Waals surface area contributed by atoms with Crippen molar-refractivity contribution < 1.29 is 0 Å². The van der Waals surface area contributed by atoms with Gasteiger partial charge in [0.05, 0.1) is 0 Å². The van der Waals surface area contributed by atoms with E-state index in [0.29, 0.717) is 11.3 Å². The largest absolute Gasteiger partial charge is 0.313 e. The summed E-state index contributed by atoms with van der Waals surface area (Å²) in [4.78, 5) is 1.41. The van der Waals surface area contributed by atoms with Gasteiger partial charge in [-0.25, -0.2) is 0 Å². The van der Waals surface area contributed by atoms with Crippen molar-refractivity contribution in [1.29, 1.82) is 0 Å². The summed E-state index contributed by atoms with van der Waals surface area (Å²) >= 11 is 1.98. The minimum Gasteiger partial charge on any atom is -0.313 e. The molecular formula is C14H23NS. The predicted molar refractivity (Wildman–Crippen MR) is 74.3 cm³/mol. The molecule has 2 heteroatoms. The van der Waals surface area contributed by atoms with Crippen molar-refractivity contribution in [2.45, 2.75) is 50.3 Å². The number of nitrogens with one attached hydrogen (secondary N) is 1. The molecule has 90 valence electrons. The Balaban J connectivity index is 2.62. The topological polar surface area (TPSA) is 12.0 Å². The monoisotopic (exact) mass is 237 g/mol. The third-order valence-corrected chi connectivity index (χ3v) is 4.29. The third kappa shape index (κ3) is 3.84. The van der Waals surface area contributed by atoms with E-state index in [1.807, 2.05) is 11.8 Å². The van der Waals surface area contributed by atoms with E-state index in [1.165, 1.54) is 16.9 Å². The molecule has 1 aromatic carbocycles. The Kier molecular flexibility index (Phi) is 5.93. The molecule has 0 bridgehead atoms. The van der Waals surface area contributed by atoms with E-state index in [-0.39, 0.29) is 0 Å². The lowest BCUT2D eigenvalue weighted by Crippen LogP contribution is -2.35. The Morgan fingerprint density at radius 3 is 2.50 bits per heavy atom. The van der Waals surface area contributed by atoms with Gasteiger partial charge in [-0.1, -0.05) is 39.0 Å². The van der Waals surface area contributed by atoms with Crippen LogP contribution >= 0.6 is 11.8 Å². The molecule has 0 saturated heterocycles. The summed E-state index contributed by atoms with van der Waals surface area (Å²) in [6, 6.07) is 9.23. The third-order valence-electron chi connectivity index (χ3n) is 2.88. The number of thioether (sulfide) groups is 1. The number of hydrogen-bond acceptors (Lipinski definition) is 2. The molecule has 2 unspecified atom stereocenters. The fraction of sp³-hybridized carbons (Fsp3) is 0.571. The van der Waals surface area contributed by atoms with Crippen LogP contribution in [0.1, 0.15) is 32.8 Å². The predicted octanol–water partition coefficient (Wildman–Crippen LogP) is 3.86. The second-order valence-corrected chi connectivity index (χ2v) is 5.58. The Bertz CT molecular complexity index is 311. The molecule has 1 rings (SSSR count). The van der Waals surface area contributed by atoms with Crippen LogP contribution in [0.25, 0.3) is 0 Å². The van der Waals surface area contributed by atoms with Gasteiger partial charge in [0.25, 0.3) is 0 Å². The minimum absolute atomic E-state index is 0.606. The van der Waals surface area contributed by atoms with Crippen molar-refractivity contribution in [3.8, 4) is 0 Å². The zero-order valence-corrected chi connectivity index (χ0v) is 11.6. The van der Waals surface area contributed by atoms with Crippen LogP contribution in [-0.2, 0) is 0 Å². The van der Waals surface area contributed by atoms with Gasteiger partial charge in [0.2, 0.25) is 0 Å². The van der Waals surface area contributed by atoms with Crippen molar-refractivity contribution in [3.05, 3.63) is 29.8 Å². The molecule has 0 aliphatic carbocycles. The summed E-state index contributed by atoms with van der Waals surface area (Å²) in [5.74, 6) is 0. The van der Waals surface area contributed by atoms with Crippen LogP contribution in [0.3, 0.4) is 0 Å². The first-order valence-electron chi connectivity index (χ1n) is 6.14. The van der Waals surface area contributed by atoms with Crippen LogP contribution in [-0.4, -0.2) is 17.8 Å². The van der Waals surface area contributed by atoms with Crippen molar-refractivity contribution in [2.24, 2.45) is 0 Å². The summed E-state index contributed by atoms with van der Waals surface area (Å²) in [6.45, 7) is 9.98. The zero-order chi connectivity index (χ0) is 12.0. The Morgan fingerprint density at radius 2 is 1.94 bits per heavy atom. The maximum Gasteiger partial charge on any atom is 0.0220 e. The molecule has 2 atom stereocenters. The van der Waals surface area contributed by atoms with E-state index >= 15 is 0 Å². The Morgan fingerprint density at radius 1 is 1.25 bits per heavy atom. The lowest BCUT2D eigenvalue weighted by atomic mass is 10.2. The molecule has 16 heavy (non-hydrogen) atoms. The highest BCUT2D eigenvalue weighted by atomic mass is 32.2. The first-order chi connectivity index (χ1) is 7.69. The van der Waals surface area contributed by atoms with Crippen LogP contribution in [0.2, 0.25) is 0 Å². The molecule has 0 saturated carbocycles. The van der Waals surface area contributed by atoms with Crippen molar-refractivity contribution in [1.82, 2.24) is 5.32 Å². The number of benzene rings is 1. The smallest absolute Gasteiger partial charge is 0.0220 e. The van der Waals surface area contributed by atoms with Crippen LogP contribution in [0, 0.1) is 6.92 Å². The van der Waals surface area contributed by atoms with Gasteiger partial charge in [-0.15, -0.1) is 11.8 Å². The van der Waals surface area contributed by atoms with E-state index in [2.05, 4.69) is 57.3 Å². The zero-order valence-electron chi connectivity index (χ0n) is 10.8. The van der Waals surface area contributed by atoms with Gasteiger partial charge >= 0.3 is 0 Å². The molecule has 0 fully saturated rings. The standard InChI is InChI=1S/C14H23NS/c1-5-13(15-6-2)12(4)16-14-10-8-7-9-11(14)3/h7-10,12-13,15H,5-6H2,1-4H3. The van der Waals surface area contributed by atoms with E-state index in [0.717, 1.165) is 6.54 Å². The average molecular weight is 237 g/mol. The van der Waals surface area contributed by atoms with Crippen molar-refractivity contribution >= 4 is 11.8 Å². The molecule has 0 aliphatic heterocycles. The second kappa shape index (κ2) is 6.97. The minimum atomic E-state index is 0.606. The first kappa shape index (κ1) is 13.6. The summed E-state index contributed by atoms with van der Waals surface area (Å²) in [5, 5.41) is 4.17. The summed E-state index contributed by atoms with van der Waals surface area (Å²) in [5.41, 5.74) is 1.38. The van der Waals surface area contributed by atoms with Gasteiger partial charge in [0.1, 0.15) is 0 Å². The molecule has 0 radical (unpaired) electrons. The molecule has 1 N–H and O–H groups in total. The Hall–Kier alpha value is -0.470. The van der Waals surface area contributed by atoms with Crippen LogP contribution in [0.4, 0.5) is 0 Å². The lowest BCUT2D eigenvalue weighted by Gasteiger charge is -2.23. The summed E-state index contributed by atoms with van der Waals surface area (Å²) < 4.78 is 0. The fourth-order valence-electron chi connectivity index (χ4n) is 1.88. The molecule has 0 spiro atoms. The lowest BCUT2D eigenvalue weighted by molar-refractivity contribution is 0.509. The maximum atomic E-state index is 3.55. The van der Waals surface area contributed by atoms with Crippen LogP contribution < -0.4 is 5.32 Å². The van der Waals surface area contributed by atoms with E-state index in [4.69, 9.17) is 0 Å². The number of rotatable bonds is 6. The van der Waals surface area contributed by atoms with Gasteiger partial charge in [-0.05, 0) is 31.5 Å². The van der Waals surface area contributed by atoms with Gasteiger partial charge < -0.3 is 5.32 Å². The van der Waals surface area contributed by atoms with Crippen LogP contribution in [0.5, 0.6) is 0 Å². The van der Waals surface area contributed by atoms with Crippen molar-refractivity contribution in [3.63, 3.8) is 0 Å². The van der Waals surface area contributed by atoms with E-state index in [9.17, 15) is 0 Å². The highest BCUT2D eigenvalue weighted by molar-refractivity contribution is 8.00. The Labute approximate surface area is 104 Å². The highest BCUT2D eigenvalue weighted by Crippen LogP contribution is 2.28. The molecule has 1 aromatic rings. The summed E-state index contributed by atoms with van der Waals surface area (Å²) in [6.07, 6.45) is 1.19. The molecule has 0 amide bonds. The second-order valence-electron chi connectivity index (χ2n) is 4.16. The molecule has 0 heterocycles. The highest BCUT2D eigenvalue weighted by Gasteiger charge is 2.15. The quantitative estimate of drug-likeness (QED) is 0.754. The van der Waals surface area contributed by atoms with E-state index in [1.54, 1.807) is 0 Å². The fourth-order valence-corrected chi connectivity index (χ4v) is 3.14. The van der Waals surface area contributed by atoms with Gasteiger partial charge in [-0.3, -0.25) is 0 Å². The number of hydrogen-bond donors (Lipinski definition) is 1. The normalized spacial score (nSPS) is 14.8. The molecule has 0 aromatic heterocycles. The van der Waals surface area contributed by atoms with Gasteiger partial charge in [0, 0.05) is 16.2 Å². The van der Waals surface area contributed by atoms with Crippen LogP contribution in [0.15, 0.2) is 29.2 Å². The van der Waals surface area contributed by atoms with Gasteiger partial charge in [0.15, 0.2) is 0 Å². The van der Waals surface area contributed by atoms with E-state index < -0.39 is 0 Å². The number of aryl methyl sites for hydroxylation is 1. The van der Waals surface area contributed by atoms with Crippen molar-refractivity contribution in [2.75, 3.05) is 6.54 Å². The maximum absolute atomic E-state index is 3.55. The SMILES string of the molecule is CCNC(CC)C(C)Sc1ccccc1C. The molecule has 0 aliphatic rings. The first-order valence-corrected chi connectivity index (χ1v) is 7.02.